The Hall–Kier alpha value is -4.03. The summed E-state index contributed by atoms with van der Waals surface area (Å²) in [6.07, 6.45) is 1.13. The molecular formula is C31H31NO5. The first kappa shape index (κ1) is 24.7. The van der Waals surface area contributed by atoms with Crippen molar-refractivity contribution in [3.8, 4) is 22.6 Å². The largest absolute Gasteiger partial charge is 0.496 e. The molecule has 0 radical (unpaired) electrons. The summed E-state index contributed by atoms with van der Waals surface area (Å²) in [5.41, 5.74) is 6.61. The second-order valence-corrected chi connectivity index (χ2v) is 9.17. The molecular weight excluding hydrogens is 466 g/mol. The van der Waals surface area contributed by atoms with Crippen LogP contribution in [0.15, 0.2) is 72.8 Å². The number of carbonyl (C=O) groups is 1. The van der Waals surface area contributed by atoms with E-state index in [1.165, 1.54) is 22.3 Å². The Labute approximate surface area is 216 Å². The van der Waals surface area contributed by atoms with Crippen molar-refractivity contribution in [2.45, 2.75) is 25.4 Å². The number of benzene rings is 4. The number of rotatable bonds is 9. The molecule has 1 amide bonds. The Balaban J connectivity index is 1.17. The second-order valence-electron chi connectivity index (χ2n) is 9.17. The van der Waals surface area contributed by atoms with Crippen LogP contribution in [0, 0.1) is 0 Å². The summed E-state index contributed by atoms with van der Waals surface area (Å²) < 4.78 is 16.7. The van der Waals surface area contributed by atoms with Crippen molar-refractivity contribution in [2.24, 2.45) is 0 Å². The number of fused-ring (bicyclic) bond motifs is 4. The molecule has 37 heavy (non-hydrogen) atoms. The summed E-state index contributed by atoms with van der Waals surface area (Å²) >= 11 is 0. The van der Waals surface area contributed by atoms with Gasteiger partial charge in [-0.25, -0.2) is 4.79 Å². The zero-order valence-electron chi connectivity index (χ0n) is 21.1. The zero-order chi connectivity index (χ0) is 25.8. The Bertz CT molecular complexity index is 1390. The quantitative estimate of drug-likeness (QED) is 0.285. The molecule has 0 fully saturated rings. The van der Waals surface area contributed by atoms with Crippen molar-refractivity contribution >= 4 is 16.9 Å². The number of methoxy groups -OCH3 is 2. The fourth-order valence-electron chi connectivity index (χ4n) is 5.28. The summed E-state index contributed by atoms with van der Waals surface area (Å²) in [6.45, 7) is 0.676. The Morgan fingerprint density at radius 2 is 1.59 bits per heavy atom. The van der Waals surface area contributed by atoms with Crippen molar-refractivity contribution in [2.75, 3.05) is 27.4 Å². The lowest BCUT2D eigenvalue weighted by Gasteiger charge is -2.15. The van der Waals surface area contributed by atoms with Crippen LogP contribution < -0.4 is 14.8 Å². The normalized spacial score (nSPS) is 12.2. The van der Waals surface area contributed by atoms with Crippen LogP contribution >= 0.6 is 0 Å². The van der Waals surface area contributed by atoms with E-state index in [1.54, 1.807) is 20.3 Å². The maximum Gasteiger partial charge on any atom is 0.407 e. The minimum atomic E-state index is -0.403. The first-order valence-corrected chi connectivity index (χ1v) is 12.5. The minimum absolute atomic E-state index is 0.0477. The van der Waals surface area contributed by atoms with Gasteiger partial charge in [0.1, 0.15) is 18.1 Å². The van der Waals surface area contributed by atoms with Crippen LogP contribution in [0.3, 0.4) is 0 Å². The van der Waals surface area contributed by atoms with E-state index in [-0.39, 0.29) is 12.5 Å². The van der Waals surface area contributed by atoms with E-state index in [1.807, 2.05) is 30.3 Å². The molecule has 0 aromatic heterocycles. The van der Waals surface area contributed by atoms with E-state index >= 15 is 0 Å². The Morgan fingerprint density at radius 1 is 0.892 bits per heavy atom. The lowest BCUT2D eigenvalue weighted by molar-refractivity contribution is 0.143. The summed E-state index contributed by atoms with van der Waals surface area (Å²) in [6, 6.07) is 24.5. The molecule has 1 aliphatic carbocycles. The van der Waals surface area contributed by atoms with Gasteiger partial charge < -0.3 is 24.6 Å². The lowest BCUT2D eigenvalue weighted by atomic mass is 9.98. The van der Waals surface area contributed by atoms with Gasteiger partial charge in [0.05, 0.1) is 20.8 Å². The van der Waals surface area contributed by atoms with Gasteiger partial charge in [-0.1, -0.05) is 60.7 Å². The molecule has 0 aliphatic heterocycles. The molecule has 0 heterocycles. The van der Waals surface area contributed by atoms with Gasteiger partial charge >= 0.3 is 6.09 Å². The Kier molecular flexibility index (Phi) is 7.28. The van der Waals surface area contributed by atoms with Crippen LogP contribution in [0.25, 0.3) is 21.9 Å². The van der Waals surface area contributed by atoms with Crippen molar-refractivity contribution in [3.63, 3.8) is 0 Å². The highest BCUT2D eigenvalue weighted by molar-refractivity contribution is 5.95. The van der Waals surface area contributed by atoms with E-state index in [4.69, 9.17) is 14.2 Å². The van der Waals surface area contributed by atoms with Gasteiger partial charge in [0.2, 0.25) is 0 Å². The number of amides is 1. The van der Waals surface area contributed by atoms with E-state index in [0.29, 0.717) is 30.2 Å². The SMILES string of the molecule is COc1cc(CO)c(OC)c2cc(CCCNC(=O)OCC3c4ccccc4-c4ccccc43)ccc12. The average Bonchev–Trinajstić information content (AvgIpc) is 3.26. The van der Waals surface area contributed by atoms with E-state index in [9.17, 15) is 9.90 Å². The van der Waals surface area contributed by atoms with Gasteiger partial charge in [0.25, 0.3) is 0 Å². The summed E-state index contributed by atoms with van der Waals surface area (Å²) in [5, 5.41) is 14.5. The zero-order valence-corrected chi connectivity index (χ0v) is 21.1. The van der Waals surface area contributed by atoms with Gasteiger partial charge in [0, 0.05) is 28.8 Å². The van der Waals surface area contributed by atoms with Gasteiger partial charge in [-0.15, -0.1) is 0 Å². The van der Waals surface area contributed by atoms with Crippen molar-refractivity contribution in [1.29, 1.82) is 0 Å². The van der Waals surface area contributed by atoms with Crippen LogP contribution in [-0.4, -0.2) is 38.6 Å². The molecule has 2 N–H and O–H groups in total. The van der Waals surface area contributed by atoms with Crippen LogP contribution in [0.2, 0.25) is 0 Å². The fraction of sp³-hybridized carbons (Fsp3) is 0.258. The molecule has 5 rings (SSSR count). The second kappa shape index (κ2) is 10.9. The third-order valence-electron chi connectivity index (χ3n) is 7.04. The third kappa shape index (κ3) is 4.85. The number of aryl methyl sites for hydroxylation is 1. The van der Waals surface area contributed by atoms with Crippen LogP contribution in [0.5, 0.6) is 11.5 Å². The molecule has 190 valence electrons. The standard InChI is InChI=1S/C31H31NO5/c1-35-29-17-21(18-33)30(36-2)27-16-20(13-14-26(27)29)8-7-15-32-31(34)37-19-28-24-11-5-3-9-22(24)23-10-4-6-12-25(23)28/h3-6,9-14,16-17,28,33H,7-8,15,18-19H2,1-2H3,(H,32,34). The molecule has 4 aromatic carbocycles. The monoisotopic (exact) mass is 497 g/mol. The minimum Gasteiger partial charge on any atom is -0.496 e. The number of hydrogen-bond donors (Lipinski definition) is 2. The van der Waals surface area contributed by atoms with Crippen molar-refractivity contribution < 1.29 is 24.1 Å². The molecule has 0 spiro atoms. The third-order valence-corrected chi connectivity index (χ3v) is 7.04. The predicted molar refractivity (Wildman–Crippen MR) is 144 cm³/mol. The molecule has 0 bridgehead atoms. The van der Waals surface area contributed by atoms with E-state index < -0.39 is 6.09 Å². The number of alkyl carbamates (subject to hydrolysis) is 1. The molecule has 6 heteroatoms. The number of ether oxygens (including phenoxy) is 3. The van der Waals surface area contributed by atoms with Crippen LogP contribution in [0.4, 0.5) is 4.79 Å². The fourth-order valence-corrected chi connectivity index (χ4v) is 5.28. The first-order chi connectivity index (χ1) is 18.1. The topological polar surface area (TPSA) is 77.0 Å². The molecule has 6 nitrogen and oxygen atoms in total. The van der Waals surface area contributed by atoms with Gasteiger partial charge in [0.15, 0.2) is 0 Å². The van der Waals surface area contributed by atoms with Crippen LogP contribution in [-0.2, 0) is 17.8 Å². The summed E-state index contributed by atoms with van der Waals surface area (Å²) in [4.78, 5) is 12.4. The summed E-state index contributed by atoms with van der Waals surface area (Å²) in [5.74, 6) is 1.40. The lowest BCUT2D eigenvalue weighted by Crippen LogP contribution is -2.27. The number of aliphatic hydroxyl groups excluding tert-OH is 1. The molecule has 0 unspecified atom stereocenters. The number of carbonyl (C=O) groups excluding carboxylic acids is 1. The highest BCUT2D eigenvalue weighted by atomic mass is 16.5. The highest BCUT2D eigenvalue weighted by Crippen LogP contribution is 2.44. The number of aliphatic hydroxyl groups is 1. The molecule has 0 saturated heterocycles. The molecule has 0 saturated carbocycles. The molecule has 1 aliphatic rings. The first-order valence-electron chi connectivity index (χ1n) is 12.5. The average molecular weight is 498 g/mol. The summed E-state index contributed by atoms with van der Waals surface area (Å²) in [7, 11) is 3.22. The number of nitrogens with one attached hydrogen (secondary N) is 1. The maximum atomic E-state index is 12.4. The predicted octanol–water partition coefficient (Wildman–Crippen LogP) is 5.82. The van der Waals surface area contributed by atoms with Crippen molar-refractivity contribution in [3.05, 3.63) is 95.1 Å². The smallest absolute Gasteiger partial charge is 0.407 e. The molecule has 4 aromatic rings. The maximum absolute atomic E-state index is 12.4. The number of hydrogen-bond acceptors (Lipinski definition) is 5. The van der Waals surface area contributed by atoms with Gasteiger partial charge in [-0.2, -0.15) is 0 Å². The highest BCUT2D eigenvalue weighted by Gasteiger charge is 2.28. The van der Waals surface area contributed by atoms with Crippen LogP contribution in [0.1, 0.15) is 34.6 Å². The molecule has 0 atom stereocenters. The van der Waals surface area contributed by atoms with Crippen molar-refractivity contribution in [1.82, 2.24) is 5.32 Å². The Morgan fingerprint density at radius 3 is 2.24 bits per heavy atom. The van der Waals surface area contributed by atoms with Gasteiger partial charge in [-0.3, -0.25) is 0 Å². The van der Waals surface area contributed by atoms with E-state index in [2.05, 4.69) is 41.7 Å². The van der Waals surface area contributed by atoms with E-state index in [0.717, 1.165) is 29.2 Å². The van der Waals surface area contributed by atoms with Gasteiger partial charge in [-0.05, 0) is 52.8 Å².